The summed E-state index contributed by atoms with van der Waals surface area (Å²) >= 11 is 0. The number of quaternary nitrogens is 1. The fourth-order valence-electron chi connectivity index (χ4n) is 6.83. The minimum absolute atomic E-state index is 0.0107. The molecule has 0 saturated carbocycles. The molecule has 0 aliphatic carbocycles. The average Bonchev–Trinajstić information content (AvgIpc) is 2.67. The van der Waals surface area contributed by atoms with Crippen LogP contribution >= 0.6 is 0 Å². The smallest absolute Gasteiger partial charge is 0.305 e. The summed E-state index contributed by atoms with van der Waals surface area (Å²) in [6.07, 6.45) is 0.0979. The van der Waals surface area contributed by atoms with Gasteiger partial charge in [0.1, 0.15) is 0 Å². The lowest BCUT2D eigenvalue weighted by Crippen LogP contribution is -2.74. The fraction of sp³-hybridized carbons (Fsp3) is 0.788. The van der Waals surface area contributed by atoms with E-state index in [1.165, 1.54) is 0 Å². The number of nitrogens with zero attached hydrogens (tertiary/aromatic N) is 3. The lowest BCUT2D eigenvalue weighted by Gasteiger charge is -2.60. The zero-order valence-electron chi connectivity index (χ0n) is 28.2. The molecular formula is C33H63N4O2+. The Morgan fingerprint density at radius 3 is 1.56 bits per heavy atom. The van der Waals surface area contributed by atoms with Gasteiger partial charge in [-0.15, -0.1) is 0 Å². The van der Waals surface area contributed by atoms with Gasteiger partial charge in [-0.2, -0.15) is 0 Å². The molecule has 0 amide bonds. The van der Waals surface area contributed by atoms with Crippen LogP contribution in [0.3, 0.4) is 0 Å². The van der Waals surface area contributed by atoms with E-state index < -0.39 is 5.97 Å². The molecule has 1 unspecified atom stereocenters. The van der Waals surface area contributed by atoms with Crippen LogP contribution in [0.25, 0.3) is 0 Å². The van der Waals surface area contributed by atoms with Crippen molar-refractivity contribution < 1.29 is 14.4 Å². The van der Waals surface area contributed by atoms with Gasteiger partial charge in [0.15, 0.2) is 0 Å². The lowest BCUT2D eigenvalue weighted by molar-refractivity contribution is -1.01. The van der Waals surface area contributed by atoms with Gasteiger partial charge in [-0.05, 0) is 122 Å². The van der Waals surface area contributed by atoms with Crippen LogP contribution in [0.2, 0.25) is 0 Å². The van der Waals surface area contributed by atoms with Gasteiger partial charge in [-0.25, -0.2) is 0 Å². The summed E-state index contributed by atoms with van der Waals surface area (Å²) in [6.45, 7) is 37.6. The second-order valence-electron chi connectivity index (χ2n) is 16.5. The van der Waals surface area contributed by atoms with Crippen molar-refractivity contribution in [2.45, 2.75) is 151 Å². The number of aliphatic carboxylic acids is 1. The van der Waals surface area contributed by atoms with E-state index in [-0.39, 0.29) is 40.2 Å². The molecule has 1 rings (SSSR count). The van der Waals surface area contributed by atoms with Crippen LogP contribution in [0, 0.1) is 0 Å². The van der Waals surface area contributed by atoms with Gasteiger partial charge in [0.25, 0.3) is 0 Å². The minimum atomic E-state index is -0.751. The molecule has 0 fully saturated rings. The first-order valence-corrected chi connectivity index (χ1v) is 14.7. The minimum Gasteiger partial charge on any atom is -0.481 e. The van der Waals surface area contributed by atoms with E-state index in [2.05, 4.69) is 126 Å². The number of carboxylic acid groups (broad SMARTS) is 1. The Bertz CT molecular complexity index is 891. The molecule has 3 N–H and O–H groups in total. The molecular weight excluding hydrogens is 484 g/mol. The van der Waals surface area contributed by atoms with Gasteiger partial charge in [-0.1, -0.05) is 12.1 Å². The molecule has 0 aliphatic rings. The molecule has 6 nitrogen and oxygen atoms in total. The van der Waals surface area contributed by atoms with Gasteiger partial charge in [0.2, 0.25) is 0 Å². The summed E-state index contributed by atoms with van der Waals surface area (Å²) in [7, 11) is 0. The third-order valence-electron chi connectivity index (χ3n) is 8.46. The highest BCUT2D eigenvalue weighted by Crippen LogP contribution is 2.39. The normalized spacial score (nSPS) is 15.2. The molecule has 0 radical (unpaired) electrons. The van der Waals surface area contributed by atoms with Crippen LogP contribution in [0.5, 0.6) is 0 Å². The molecule has 226 valence electrons. The highest BCUT2D eigenvalue weighted by atomic mass is 16.4. The molecule has 0 aliphatic heterocycles. The molecule has 0 bridgehead atoms. The maximum Gasteiger partial charge on any atom is 0.305 e. The molecule has 0 heterocycles. The number of carboxylic acids is 1. The molecule has 0 saturated heterocycles. The van der Waals surface area contributed by atoms with Crippen molar-refractivity contribution in [2.24, 2.45) is 0 Å². The second kappa shape index (κ2) is 12.1. The van der Waals surface area contributed by atoms with E-state index >= 15 is 0 Å². The Morgan fingerprint density at radius 1 is 0.795 bits per heavy atom. The van der Waals surface area contributed by atoms with Crippen molar-refractivity contribution in [1.29, 1.82) is 0 Å². The summed E-state index contributed by atoms with van der Waals surface area (Å²) in [5.74, 6) is -0.751. The third kappa shape index (κ3) is 9.47. The van der Waals surface area contributed by atoms with Gasteiger partial charge in [0.05, 0.1) is 36.6 Å². The summed E-state index contributed by atoms with van der Waals surface area (Å²) in [4.78, 5) is 17.4. The van der Waals surface area contributed by atoms with Gasteiger partial charge >= 0.3 is 5.97 Å². The number of rotatable bonds is 10. The van der Waals surface area contributed by atoms with Crippen LogP contribution in [0.4, 0.5) is 5.69 Å². The van der Waals surface area contributed by atoms with E-state index in [9.17, 15) is 9.90 Å². The van der Waals surface area contributed by atoms with Crippen LogP contribution < -0.4 is 5.73 Å². The summed E-state index contributed by atoms with van der Waals surface area (Å²) in [5.41, 5.74) is 7.43. The Hall–Kier alpha value is -1.63. The first-order chi connectivity index (χ1) is 17.2. The highest BCUT2D eigenvalue weighted by molar-refractivity contribution is 5.67. The SMILES string of the molecule is CC(C)(C)N(Cc1ccc(N)cc1)C(CC(=O)O)C[N+](CCN(C(C)(C)C)C(C)(C)C)(C(C)(C)C)C(C)(C)C. The zero-order valence-corrected chi connectivity index (χ0v) is 28.2. The predicted octanol–water partition coefficient (Wildman–Crippen LogP) is 7.03. The molecule has 39 heavy (non-hydrogen) atoms. The van der Waals surface area contributed by atoms with Gasteiger partial charge in [0, 0.05) is 35.4 Å². The Kier molecular flexibility index (Phi) is 11.0. The molecule has 1 aromatic carbocycles. The van der Waals surface area contributed by atoms with Crippen LogP contribution in [0.1, 0.15) is 116 Å². The maximum atomic E-state index is 12.4. The number of nitrogen functional groups attached to an aromatic ring is 1. The number of hydrogen-bond donors (Lipinski definition) is 2. The molecule has 1 aromatic rings. The van der Waals surface area contributed by atoms with Crippen molar-refractivity contribution in [2.75, 3.05) is 25.4 Å². The average molecular weight is 548 g/mol. The topological polar surface area (TPSA) is 69.8 Å². The number of nitrogens with two attached hydrogens (primary N) is 1. The highest BCUT2D eigenvalue weighted by Gasteiger charge is 2.52. The lowest BCUT2D eigenvalue weighted by atomic mass is 9.86. The van der Waals surface area contributed by atoms with Crippen LogP contribution in [-0.4, -0.2) is 78.7 Å². The van der Waals surface area contributed by atoms with Crippen LogP contribution in [0.15, 0.2) is 24.3 Å². The Morgan fingerprint density at radius 2 is 1.23 bits per heavy atom. The van der Waals surface area contributed by atoms with E-state index in [0.29, 0.717) is 6.54 Å². The number of anilines is 1. The summed E-state index contributed by atoms with van der Waals surface area (Å²) in [5, 5.41) is 10.2. The Labute approximate surface area is 241 Å². The predicted molar refractivity (Wildman–Crippen MR) is 168 cm³/mol. The second-order valence-corrected chi connectivity index (χ2v) is 16.5. The molecule has 1 atom stereocenters. The molecule has 0 spiro atoms. The number of benzene rings is 1. The quantitative estimate of drug-likeness (QED) is 0.243. The monoisotopic (exact) mass is 547 g/mol. The van der Waals surface area contributed by atoms with E-state index in [4.69, 9.17) is 5.73 Å². The third-order valence-corrected chi connectivity index (χ3v) is 8.46. The van der Waals surface area contributed by atoms with Crippen LogP contribution in [-0.2, 0) is 11.3 Å². The maximum absolute atomic E-state index is 12.4. The molecule has 6 heteroatoms. The zero-order chi connectivity index (χ0) is 30.8. The van der Waals surface area contributed by atoms with Crippen molar-refractivity contribution in [3.8, 4) is 0 Å². The van der Waals surface area contributed by atoms with E-state index in [1.54, 1.807) is 0 Å². The van der Waals surface area contributed by atoms with Crippen molar-refractivity contribution in [3.05, 3.63) is 29.8 Å². The first kappa shape index (κ1) is 35.4. The van der Waals surface area contributed by atoms with Crippen molar-refractivity contribution in [3.63, 3.8) is 0 Å². The largest absolute Gasteiger partial charge is 0.481 e. The van der Waals surface area contributed by atoms with Crippen molar-refractivity contribution >= 4 is 11.7 Å². The van der Waals surface area contributed by atoms with Crippen molar-refractivity contribution in [1.82, 2.24) is 9.80 Å². The fourth-order valence-corrected chi connectivity index (χ4v) is 6.83. The van der Waals surface area contributed by atoms with E-state index in [0.717, 1.165) is 35.4 Å². The summed E-state index contributed by atoms with van der Waals surface area (Å²) < 4.78 is 0.801. The Balaban J connectivity index is 3.73. The number of carbonyl (C=O) groups is 1. The van der Waals surface area contributed by atoms with Gasteiger partial charge < -0.3 is 15.3 Å². The molecule has 0 aromatic heterocycles. The first-order valence-electron chi connectivity index (χ1n) is 14.7. The van der Waals surface area contributed by atoms with Gasteiger partial charge in [-0.3, -0.25) is 14.6 Å². The standard InChI is InChI=1S/C33H62N4O2/c1-29(2,3)35(23-25-16-18-26(34)19-17-25)27(22-28(38)39)24-37(32(10,11)12,33(13,14)15)21-20-36(30(4,5)6)31(7,8)9/h16-19,27H,20-24,34H2,1-15H3/p+1. The summed E-state index contributed by atoms with van der Waals surface area (Å²) in [6, 6.07) is 7.83. The van der Waals surface area contributed by atoms with E-state index in [1.807, 2.05) is 12.1 Å². The number of hydrogen-bond acceptors (Lipinski definition) is 4.